The van der Waals surface area contributed by atoms with Gasteiger partial charge in [-0.1, -0.05) is 0 Å². The zero-order valence-corrected chi connectivity index (χ0v) is 18.1. The molecule has 7 heteroatoms. The molecular formula is C21H28N2O4S. The molecule has 0 aliphatic carbocycles. The number of ether oxygens (including phenoxy) is 1. The summed E-state index contributed by atoms with van der Waals surface area (Å²) in [5.41, 5.74) is 10.2. The van der Waals surface area contributed by atoms with E-state index in [2.05, 4.69) is 0 Å². The number of sulfonamides is 1. The average Bonchev–Trinajstić information content (AvgIpc) is 2.65. The molecule has 0 saturated carbocycles. The van der Waals surface area contributed by atoms with Crippen molar-refractivity contribution in [2.45, 2.75) is 45.9 Å². The number of rotatable bonds is 7. The van der Waals surface area contributed by atoms with Crippen molar-refractivity contribution in [3.63, 3.8) is 0 Å². The van der Waals surface area contributed by atoms with Gasteiger partial charge >= 0.3 is 0 Å². The fourth-order valence-electron chi connectivity index (χ4n) is 3.31. The van der Waals surface area contributed by atoms with Crippen molar-refractivity contribution in [1.82, 2.24) is 0 Å². The number of nitrogens with zero attached hydrogens (tertiary/aromatic N) is 1. The first-order chi connectivity index (χ1) is 13.0. The minimum Gasteiger partial charge on any atom is -0.497 e. The Morgan fingerprint density at radius 1 is 0.929 bits per heavy atom. The van der Waals surface area contributed by atoms with Crippen LogP contribution in [0.15, 0.2) is 29.2 Å². The molecule has 2 N–H and O–H groups in total. The van der Waals surface area contributed by atoms with E-state index in [9.17, 15) is 13.2 Å². The highest BCUT2D eigenvalue weighted by Crippen LogP contribution is 2.34. The molecule has 0 atom stereocenters. The largest absolute Gasteiger partial charge is 0.497 e. The van der Waals surface area contributed by atoms with Gasteiger partial charge in [-0.25, -0.2) is 8.42 Å². The van der Waals surface area contributed by atoms with Crippen LogP contribution in [-0.2, 0) is 14.8 Å². The van der Waals surface area contributed by atoms with Crippen LogP contribution in [-0.4, -0.2) is 28.0 Å². The molecule has 6 nitrogen and oxygen atoms in total. The predicted molar refractivity (Wildman–Crippen MR) is 111 cm³/mol. The van der Waals surface area contributed by atoms with Crippen molar-refractivity contribution < 1.29 is 17.9 Å². The van der Waals surface area contributed by atoms with Crippen LogP contribution in [0.3, 0.4) is 0 Å². The lowest BCUT2D eigenvalue weighted by Gasteiger charge is -2.28. The molecule has 152 valence electrons. The Hall–Kier alpha value is -2.54. The summed E-state index contributed by atoms with van der Waals surface area (Å²) >= 11 is 0. The lowest BCUT2D eigenvalue weighted by atomic mass is 9.95. The zero-order valence-electron chi connectivity index (χ0n) is 17.3. The smallest absolute Gasteiger partial charge is 0.264 e. The highest BCUT2D eigenvalue weighted by Gasteiger charge is 2.30. The molecule has 1 amide bonds. The second-order valence-electron chi connectivity index (χ2n) is 6.95. The number of amides is 1. The summed E-state index contributed by atoms with van der Waals surface area (Å²) in [5.74, 6) is 0.0591. The van der Waals surface area contributed by atoms with Crippen molar-refractivity contribution in [1.29, 1.82) is 0 Å². The van der Waals surface area contributed by atoms with Crippen LogP contribution in [0.25, 0.3) is 0 Å². The van der Waals surface area contributed by atoms with E-state index in [0.29, 0.717) is 11.4 Å². The minimum atomic E-state index is -3.91. The van der Waals surface area contributed by atoms with E-state index in [1.54, 1.807) is 31.4 Å². The Balaban J connectivity index is 2.69. The number of methoxy groups -OCH3 is 1. The molecular weight excluding hydrogens is 376 g/mol. The molecule has 0 aliphatic rings. The molecule has 2 aromatic rings. The SMILES string of the molecule is COc1ccc(N(CCC(N)=O)S(=O)(=O)c2c(C)c(C)c(C)c(C)c2C)cc1. The second kappa shape index (κ2) is 8.22. The quantitative estimate of drug-likeness (QED) is 0.767. The van der Waals surface area contributed by atoms with Crippen molar-refractivity contribution >= 4 is 21.6 Å². The third-order valence-corrected chi connectivity index (χ3v) is 7.50. The van der Waals surface area contributed by atoms with E-state index in [-0.39, 0.29) is 17.9 Å². The van der Waals surface area contributed by atoms with Crippen LogP contribution in [0.5, 0.6) is 5.75 Å². The van der Waals surface area contributed by atoms with Gasteiger partial charge in [0.15, 0.2) is 0 Å². The maximum absolute atomic E-state index is 13.7. The molecule has 0 unspecified atom stereocenters. The van der Waals surface area contributed by atoms with Gasteiger partial charge in [-0.2, -0.15) is 0 Å². The summed E-state index contributed by atoms with van der Waals surface area (Å²) in [5, 5.41) is 0. The molecule has 28 heavy (non-hydrogen) atoms. The van der Waals surface area contributed by atoms with E-state index < -0.39 is 15.9 Å². The number of primary amides is 1. The van der Waals surface area contributed by atoms with Crippen LogP contribution < -0.4 is 14.8 Å². The molecule has 0 aromatic heterocycles. The Morgan fingerprint density at radius 2 is 1.39 bits per heavy atom. The van der Waals surface area contributed by atoms with Crippen molar-refractivity contribution in [2.75, 3.05) is 18.0 Å². The number of benzene rings is 2. The summed E-state index contributed by atoms with van der Waals surface area (Å²) in [6.07, 6.45) is -0.0762. The molecule has 0 heterocycles. The number of carbonyl (C=O) groups excluding carboxylic acids is 1. The molecule has 2 aromatic carbocycles. The van der Waals surface area contributed by atoms with E-state index in [1.165, 1.54) is 4.31 Å². The number of anilines is 1. The number of hydrogen-bond acceptors (Lipinski definition) is 4. The fourth-order valence-corrected chi connectivity index (χ4v) is 5.34. The van der Waals surface area contributed by atoms with E-state index in [0.717, 1.165) is 27.8 Å². The van der Waals surface area contributed by atoms with Gasteiger partial charge in [0.25, 0.3) is 10.0 Å². The standard InChI is InChI=1S/C21H28N2O4S/c1-13-14(2)16(4)21(17(5)15(13)3)28(25,26)23(12-11-20(22)24)18-7-9-19(27-6)10-8-18/h7-10H,11-12H2,1-6H3,(H2,22,24). The van der Waals surface area contributed by atoms with Crippen LogP contribution in [0, 0.1) is 34.6 Å². The van der Waals surface area contributed by atoms with Crippen molar-refractivity contribution in [2.24, 2.45) is 5.73 Å². The van der Waals surface area contributed by atoms with Crippen LogP contribution in [0.4, 0.5) is 5.69 Å². The van der Waals surface area contributed by atoms with Gasteiger partial charge in [0.1, 0.15) is 5.75 Å². The van der Waals surface area contributed by atoms with Gasteiger partial charge in [0, 0.05) is 13.0 Å². The third-order valence-electron chi connectivity index (χ3n) is 5.40. The molecule has 0 saturated heterocycles. The van der Waals surface area contributed by atoms with Gasteiger partial charge < -0.3 is 10.5 Å². The highest BCUT2D eigenvalue weighted by molar-refractivity contribution is 7.93. The monoisotopic (exact) mass is 404 g/mol. The first kappa shape index (κ1) is 21.8. The number of hydrogen-bond donors (Lipinski definition) is 1. The minimum absolute atomic E-state index is 0.0329. The summed E-state index contributed by atoms with van der Waals surface area (Å²) < 4.78 is 33.8. The van der Waals surface area contributed by atoms with Gasteiger partial charge in [-0.15, -0.1) is 0 Å². The third kappa shape index (κ3) is 3.99. The first-order valence-corrected chi connectivity index (χ1v) is 10.5. The zero-order chi connectivity index (χ0) is 21.2. The molecule has 0 bridgehead atoms. The van der Waals surface area contributed by atoms with Crippen molar-refractivity contribution in [3.05, 3.63) is 52.1 Å². The fraction of sp³-hybridized carbons (Fsp3) is 0.381. The van der Waals surface area contributed by atoms with Gasteiger partial charge in [0.05, 0.1) is 17.7 Å². The van der Waals surface area contributed by atoms with E-state index >= 15 is 0 Å². The first-order valence-electron chi connectivity index (χ1n) is 9.04. The van der Waals surface area contributed by atoms with E-state index in [4.69, 9.17) is 10.5 Å². The molecule has 0 radical (unpaired) electrons. The van der Waals surface area contributed by atoms with E-state index in [1.807, 2.05) is 34.6 Å². The normalized spacial score (nSPS) is 11.4. The molecule has 0 spiro atoms. The maximum atomic E-state index is 13.7. The Morgan fingerprint density at radius 3 is 1.82 bits per heavy atom. The lowest BCUT2D eigenvalue weighted by Crippen LogP contribution is -2.35. The predicted octanol–water partition coefficient (Wildman–Crippen LogP) is 3.31. The second-order valence-corrected chi connectivity index (χ2v) is 8.74. The highest BCUT2D eigenvalue weighted by atomic mass is 32.2. The van der Waals surface area contributed by atoms with Crippen molar-refractivity contribution in [3.8, 4) is 5.75 Å². The van der Waals surface area contributed by atoms with Crippen LogP contribution in [0.1, 0.15) is 34.2 Å². The maximum Gasteiger partial charge on any atom is 0.264 e. The van der Waals surface area contributed by atoms with Gasteiger partial charge in [-0.05, 0) is 86.7 Å². The number of nitrogens with two attached hydrogens (primary N) is 1. The topological polar surface area (TPSA) is 89.7 Å². The summed E-state index contributed by atoms with van der Waals surface area (Å²) in [6.45, 7) is 9.46. The average molecular weight is 405 g/mol. The summed E-state index contributed by atoms with van der Waals surface area (Å²) in [6, 6.07) is 6.70. The Bertz CT molecular complexity index is 967. The van der Waals surface area contributed by atoms with Gasteiger partial charge in [-0.3, -0.25) is 9.10 Å². The molecule has 0 fully saturated rings. The van der Waals surface area contributed by atoms with Crippen LogP contribution in [0.2, 0.25) is 0 Å². The van der Waals surface area contributed by atoms with Crippen LogP contribution >= 0.6 is 0 Å². The molecule has 0 aliphatic heterocycles. The molecule has 2 rings (SSSR count). The Kier molecular flexibility index (Phi) is 6.39. The number of carbonyl (C=O) groups is 1. The lowest BCUT2D eigenvalue weighted by molar-refractivity contribution is -0.117. The summed E-state index contributed by atoms with van der Waals surface area (Å²) in [4.78, 5) is 11.7. The van der Waals surface area contributed by atoms with Gasteiger partial charge in [0.2, 0.25) is 5.91 Å². The summed E-state index contributed by atoms with van der Waals surface area (Å²) in [7, 11) is -2.36. The Labute approximate surface area is 167 Å².